The van der Waals surface area contributed by atoms with Crippen LogP contribution in [0.2, 0.25) is 15.1 Å². The zero-order valence-electron chi connectivity index (χ0n) is 17.9. The molecule has 0 saturated heterocycles. The average molecular weight is 532 g/mol. The third-order valence-electron chi connectivity index (χ3n) is 4.51. The molecule has 35 heavy (non-hydrogen) atoms. The minimum atomic E-state index is -0.904. The summed E-state index contributed by atoms with van der Waals surface area (Å²) >= 11 is 17.5. The van der Waals surface area contributed by atoms with Gasteiger partial charge in [0.05, 0.1) is 16.6 Å². The summed E-state index contributed by atoms with van der Waals surface area (Å²) in [4.78, 5) is 36.4. The first-order valence-corrected chi connectivity index (χ1v) is 11.2. The van der Waals surface area contributed by atoms with Gasteiger partial charge in [0.15, 0.2) is 0 Å². The highest BCUT2D eigenvalue weighted by atomic mass is 35.5. The molecule has 11 heteroatoms. The second kappa shape index (κ2) is 12.1. The van der Waals surface area contributed by atoms with Crippen LogP contribution in [0.1, 0.15) is 17.1 Å². The van der Waals surface area contributed by atoms with Crippen molar-refractivity contribution in [2.45, 2.75) is 13.1 Å². The van der Waals surface area contributed by atoms with Gasteiger partial charge >= 0.3 is 11.8 Å². The topological polar surface area (TPSA) is 124 Å². The number of hydrogen-bond donors (Lipinski definition) is 3. The van der Waals surface area contributed by atoms with Crippen LogP contribution in [0.5, 0.6) is 0 Å². The number of amides is 3. The number of rotatable bonds is 7. The Labute approximate surface area is 215 Å². The Bertz CT molecular complexity index is 1330. The molecule has 0 bridgehead atoms. The van der Waals surface area contributed by atoms with Crippen LogP contribution in [-0.2, 0) is 27.5 Å². The van der Waals surface area contributed by atoms with Gasteiger partial charge in [0.2, 0.25) is 0 Å². The molecule has 0 aliphatic heterocycles. The van der Waals surface area contributed by atoms with Gasteiger partial charge in [-0.3, -0.25) is 14.4 Å². The standard InChI is InChI=1S/C24H17Cl3N4O4/c25-16-3-1-14(2-4-16)12-29-22(32)15(11-28)9-18-6-7-19(35-18)13-30-23(33)24(34)31-17-5-8-20(26)21(27)10-17/h1-10H,12-13H2,(H,29,32)(H,30,33)(H,31,34)/b15-9-. The molecule has 0 spiro atoms. The van der Waals surface area contributed by atoms with Gasteiger partial charge in [0.1, 0.15) is 23.2 Å². The normalized spacial score (nSPS) is 10.9. The minimum Gasteiger partial charge on any atom is -0.460 e. The fourth-order valence-corrected chi connectivity index (χ4v) is 3.17. The lowest BCUT2D eigenvalue weighted by molar-refractivity contribution is -0.136. The maximum absolute atomic E-state index is 12.3. The van der Waals surface area contributed by atoms with E-state index in [4.69, 9.17) is 39.2 Å². The number of hydrogen-bond acceptors (Lipinski definition) is 5. The van der Waals surface area contributed by atoms with E-state index in [1.807, 2.05) is 6.07 Å². The van der Waals surface area contributed by atoms with E-state index in [0.717, 1.165) is 5.56 Å². The van der Waals surface area contributed by atoms with E-state index in [2.05, 4.69) is 16.0 Å². The Balaban J connectivity index is 1.53. The largest absolute Gasteiger partial charge is 0.460 e. The monoisotopic (exact) mass is 530 g/mol. The second-order valence-corrected chi connectivity index (χ2v) is 8.30. The fourth-order valence-electron chi connectivity index (χ4n) is 2.75. The molecule has 0 fully saturated rings. The van der Waals surface area contributed by atoms with E-state index in [1.54, 1.807) is 30.3 Å². The molecule has 3 aromatic rings. The third-order valence-corrected chi connectivity index (χ3v) is 5.50. The SMILES string of the molecule is N#C/C(=C/c1ccc(CNC(=O)C(=O)Nc2ccc(Cl)c(Cl)c2)o1)C(=O)NCc1ccc(Cl)cc1. The number of carbonyl (C=O) groups is 3. The van der Waals surface area contributed by atoms with E-state index in [-0.39, 0.29) is 29.4 Å². The summed E-state index contributed by atoms with van der Waals surface area (Å²) in [6.07, 6.45) is 1.28. The predicted molar refractivity (Wildman–Crippen MR) is 133 cm³/mol. The molecule has 178 valence electrons. The van der Waals surface area contributed by atoms with Crippen molar-refractivity contribution in [2.75, 3.05) is 5.32 Å². The van der Waals surface area contributed by atoms with Crippen LogP contribution in [0.4, 0.5) is 5.69 Å². The van der Waals surface area contributed by atoms with E-state index in [1.165, 1.54) is 30.3 Å². The van der Waals surface area contributed by atoms with Gasteiger partial charge in [-0.15, -0.1) is 0 Å². The molecule has 1 heterocycles. The van der Waals surface area contributed by atoms with Crippen molar-refractivity contribution in [3.63, 3.8) is 0 Å². The summed E-state index contributed by atoms with van der Waals surface area (Å²) in [5, 5.41) is 17.9. The number of nitrogens with one attached hydrogen (secondary N) is 3. The highest BCUT2D eigenvalue weighted by Crippen LogP contribution is 2.25. The maximum Gasteiger partial charge on any atom is 0.313 e. The van der Waals surface area contributed by atoms with Crippen molar-refractivity contribution in [1.82, 2.24) is 10.6 Å². The van der Waals surface area contributed by atoms with Crippen molar-refractivity contribution < 1.29 is 18.8 Å². The number of halogens is 3. The van der Waals surface area contributed by atoms with Crippen molar-refractivity contribution >= 4 is 64.3 Å². The molecule has 0 saturated carbocycles. The highest BCUT2D eigenvalue weighted by Gasteiger charge is 2.15. The lowest BCUT2D eigenvalue weighted by Crippen LogP contribution is -2.34. The van der Waals surface area contributed by atoms with Crippen LogP contribution in [0.15, 0.2) is 64.6 Å². The summed E-state index contributed by atoms with van der Waals surface area (Å²) in [5.41, 5.74) is 0.965. The van der Waals surface area contributed by atoms with Crippen LogP contribution >= 0.6 is 34.8 Å². The third kappa shape index (κ3) is 7.62. The molecule has 3 rings (SSSR count). The molecule has 8 nitrogen and oxygen atoms in total. The van der Waals surface area contributed by atoms with Crippen molar-refractivity contribution in [3.8, 4) is 6.07 Å². The number of anilines is 1. The molecule has 2 aromatic carbocycles. The predicted octanol–water partition coefficient (Wildman–Crippen LogP) is 4.72. The minimum absolute atomic E-state index is 0.0912. The molecular formula is C24H17Cl3N4O4. The smallest absolute Gasteiger partial charge is 0.313 e. The first kappa shape index (κ1) is 25.8. The second-order valence-electron chi connectivity index (χ2n) is 7.05. The van der Waals surface area contributed by atoms with E-state index in [0.29, 0.717) is 21.5 Å². The van der Waals surface area contributed by atoms with Crippen molar-refractivity contribution in [1.29, 1.82) is 5.26 Å². The molecule has 0 aliphatic carbocycles. The summed E-state index contributed by atoms with van der Waals surface area (Å²) in [5.74, 6) is -1.84. The van der Waals surface area contributed by atoms with Crippen molar-refractivity contribution in [2.24, 2.45) is 0 Å². The molecule has 0 radical (unpaired) electrons. The Hall–Kier alpha value is -3.77. The first-order valence-electron chi connectivity index (χ1n) is 10.0. The lowest BCUT2D eigenvalue weighted by atomic mass is 10.2. The van der Waals surface area contributed by atoms with Crippen LogP contribution in [-0.4, -0.2) is 17.7 Å². The number of carbonyl (C=O) groups excluding carboxylic acids is 3. The molecule has 0 aliphatic rings. The van der Waals surface area contributed by atoms with Crippen molar-refractivity contribution in [3.05, 3.63) is 92.3 Å². The molecule has 3 N–H and O–H groups in total. The average Bonchev–Trinajstić information content (AvgIpc) is 3.30. The Kier molecular flexibility index (Phi) is 8.92. The lowest BCUT2D eigenvalue weighted by Gasteiger charge is -2.06. The summed E-state index contributed by atoms with van der Waals surface area (Å²) in [6, 6.07) is 16.2. The quantitative estimate of drug-likeness (QED) is 0.231. The van der Waals surface area contributed by atoms with Crippen LogP contribution in [0, 0.1) is 11.3 Å². The molecule has 1 aromatic heterocycles. The van der Waals surface area contributed by atoms with Gasteiger partial charge in [-0.1, -0.05) is 46.9 Å². The zero-order chi connectivity index (χ0) is 25.4. The fraction of sp³-hybridized carbons (Fsp3) is 0.0833. The number of benzene rings is 2. The molecule has 0 unspecified atom stereocenters. The van der Waals surface area contributed by atoms with E-state index < -0.39 is 17.7 Å². The Morgan fingerprint density at radius 1 is 0.857 bits per heavy atom. The Morgan fingerprint density at radius 3 is 2.26 bits per heavy atom. The summed E-state index contributed by atoms with van der Waals surface area (Å²) in [6.45, 7) is 0.126. The van der Waals surface area contributed by atoms with E-state index >= 15 is 0 Å². The number of furan rings is 1. The number of nitriles is 1. The first-order chi connectivity index (χ1) is 16.7. The van der Waals surface area contributed by atoms with Crippen LogP contribution in [0.3, 0.4) is 0 Å². The van der Waals surface area contributed by atoms with Crippen LogP contribution < -0.4 is 16.0 Å². The summed E-state index contributed by atoms with van der Waals surface area (Å²) in [7, 11) is 0. The zero-order valence-corrected chi connectivity index (χ0v) is 20.2. The molecular weight excluding hydrogens is 515 g/mol. The Morgan fingerprint density at radius 2 is 1.57 bits per heavy atom. The number of nitrogens with zero attached hydrogens (tertiary/aromatic N) is 1. The van der Waals surface area contributed by atoms with Crippen LogP contribution in [0.25, 0.3) is 6.08 Å². The molecule has 0 atom stereocenters. The highest BCUT2D eigenvalue weighted by molar-refractivity contribution is 6.43. The summed E-state index contributed by atoms with van der Waals surface area (Å²) < 4.78 is 5.52. The van der Waals surface area contributed by atoms with E-state index in [9.17, 15) is 19.6 Å². The van der Waals surface area contributed by atoms with Gasteiger partial charge in [0, 0.05) is 23.3 Å². The molecule has 3 amide bonds. The van der Waals surface area contributed by atoms with Gasteiger partial charge in [-0.2, -0.15) is 5.26 Å². The van der Waals surface area contributed by atoms with Gasteiger partial charge in [-0.25, -0.2) is 0 Å². The van der Waals surface area contributed by atoms with Gasteiger partial charge in [-0.05, 0) is 48.0 Å². The van der Waals surface area contributed by atoms with Gasteiger partial charge in [0.25, 0.3) is 5.91 Å². The van der Waals surface area contributed by atoms with Gasteiger partial charge < -0.3 is 20.4 Å². The maximum atomic E-state index is 12.3.